The summed E-state index contributed by atoms with van der Waals surface area (Å²) >= 11 is 0. The van der Waals surface area contributed by atoms with E-state index in [0.717, 1.165) is 47.4 Å². The third-order valence-electron chi connectivity index (χ3n) is 4.97. The van der Waals surface area contributed by atoms with Crippen molar-refractivity contribution < 1.29 is 13.9 Å². The summed E-state index contributed by atoms with van der Waals surface area (Å²) in [6, 6.07) is 13.9. The summed E-state index contributed by atoms with van der Waals surface area (Å²) in [6.45, 7) is 2.68. The maximum atomic E-state index is 12.2. The number of likely N-dealkylation sites (tertiary alicyclic amines) is 1. The van der Waals surface area contributed by atoms with Crippen LogP contribution in [0, 0.1) is 0 Å². The molecule has 0 spiro atoms. The van der Waals surface area contributed by atoms with Gasteiger partial charge in [0.2, 0.25) is 11.8 Å². The molecule has 0 aliphatic carbocycles. The summed E-state index contributed by atoms with van der Waals surface area (Å²) in [7, 11) is 1.66. The first kappa shape index (κ1) is 16.6. The van der Waals surface area contributed by atoms with Gasteiger partial charge in [-0.15, -0.1) is 0 Å². The quantitative estimate of drug-likeness (QED) is 0.691. The Bertz CT molecular complexity index is 947. The molecular formula is C21H22N2O3. The molecule has 26 heavy (non-hydrogen) atoms. The Morgan fingerprint density at radius 3 is 2.92 bits per heavy atom. The zero-order valence-electron chi connectivity index (χ0n) is 15.1. The second-order valence-corrected chi connectivity index (χ2v) is 6.57. The van der Waals surface area contributed by atoms with Gasteiger partial charge < -0.3 is 14.1 Å². The summed E-state index contributed by atoms with van der Waals surface area (Å²) < 4.78 is 11.3. The van der Waals surface area contributed by atoms with Crippen molar-refractivity contribution in [3.63, 3.8) is 0 Å². The van der Waals surface area contributed by atoms with Crippen molar-refractivity contribution in [2.45, 2.75) is 32.2 Å². The standard InChI is InChI=1S/C21H22N2O3/c1-3-20(24)23-11-5-8-18(23)21-22-17-13-15(9-10-19(17)26-21)14-6-4-7-16(12-14)25-2/h4,6-7,9-10,12-13,18H,3,5,8,11H2,1-2H3. The molecule has 1 aromatic heterocycles. The van der Waals surface area contributed by atoms with E-state index in [1.165, 1.54) is 0 Å². The molecule has 1 saturated heterocycles. The molecule has 0 N–H and O–H groups in total. The fourth-order valence-corrected chi connectivity index (χ4v) is 3.60. The van der Waals surface area contributed by atoms with E-state index in [2.05, 4.69) is 0 Å². The smallest absolute Gasteiger partial charge is 0.222 e. The molecule has 2 aromatic carbocycles. The summed E-state index contributed by atoms with van der Waals surface area (Å²) in [5, 5.41) is 0. The van der Waals surface area contributed by atoms with Crippen LogP contribution in [0.25, 0.3) is 22.2 Å². The van der Waals surface area contributed by atoms with E-state index in [1.807, 2.05) is 54.3 Å². The van der Waals surface area contributed by atoms with Gasteiger partial charge in [0.1, 0.15) is 17.3 Å². The number of rotatable bonds is 4. The average Bonchev–Trinajstić information content (AvgIpc) is 3.33. The van der Waals surface area contributed by atoms with Gasteiger partial charge in [-0.1, -0.05) is 25.1 Å². The van der Waals surface area contributed by atoms with Crippen LogP contribution in [0.2, 0.25) is 0 Å². The number of benzene rings is 2. The van der Waals surface area contributed by atoms with Crippen molar-refractivity contribution in [2.24, 2.45) is 0 Å². The average molecular weight is 350 g/mol. The first-order valence-electron chi connectivity index (χ1n) is 9.04. The van der Waals surface area contributed by atoms with Gasteiger partial charge in [-0.2, -0.15) is 0 Å². The van der Waals surface area contributed by atoms with Crippen LogP contribution in [0.15, 0.2) is 46.9 Å². The van der Waals surface area contributed by atoms with E-state index in [9.17, 15) is 4.79 Å². The molecule has 0 radical (unpaired) electrons. The zero-order chi connectivity index (χ0) is 18.1. The second kappa shape index (κ2) is 6.83. The highest BCUT2D eigenvalue weighted by Gasteiger charge is 2.32. The van der Waals surface area contributed by atoms with Crippen molar-refractivity contribution >= 4 is 17.0 Å². The van der Waals surface area contributed by atoms with Crippen LogP contribution in [0.4, 0.5) is 0 Å². The fourth-order valence-electron chi connectivity index (χ4n) is 3.60. The molecule has 0 saturated carbocycles. The van der Waals surface area contributed by atoms with Gasteiger partial charge in [0.25, 0.3) is 0 Å². The van der Waals surface area contributed by atoms with Gasteiger partial charge in [0.15, 0.2) is 5.58 Å². The molecule has 5 nitrogen and oxygen atoms in total. The van der Waals surface area contributed by atoms with E-state index in [0.29, 0.717) is 12.3 Å². The maximum Gasteiger partial charge on any atom is 0.222 e. The van der Waals surface area contributed by atoms with E-state index in [-0.39, 0.29) is 11.9 Å². The number of nitrogens with zero attached hydrogens (tertiary/aromatic N) is 2. The highest BCUT2D eigenvalue weighted by atomic mass is 16.5. The molecule has 134 valence electrons. The van der Waals surface area contributed by atoms with Crippen LogP contribution in [0.5, 0.6) is 5.75 Å². The Kier molecular flexibility index (Phi) is 4.37. The Labute approximate surface area is 152 Å². The third kappa shape index (κ3) is 2.94. The Hall–Kier alpha value is -2.82. The molecular weight excluding hydrogens is 328 g/mol. The molecule has 3 aromatic rings. The first-order chi connectivity index (χ1) is 12.7. The van der Waals surface area contributed by atoms with Gasteiger partial charge in [-0.25, -0.2) is 4.98 Å². The molecule has 5 heteroatoms. The largest absolute Gasteiger partial charge is 0.497 e. The molecule has 1 atom stereocenters. The van der Waals surface area contributed by atoms with Crippen LogP contribution in [-0.2, 0) is 4.79 Å². The minimum Gasteiger partial charge on any atom is -0.497 e. The summed E-state index contributed by atoms with van der Waals surface area (Å²) in [6.07, 6.45) is 2.40. The van der Waals surface area contributed by atoms with E-state index >= 15 is 0 Å². The second-order valence-electron chi connectivity index (χ2n) is 6.57. The molecule has 1 aliphatic rings. The minimum absolute atomic E-state index is 0.0462. The first-order valence-corrected chi connectivity index (χ1v) is 9.04. The highest BCUT2D eigenvalue weighted by Crippen LogP contribution is 2.34. The molecule has 1 aliphatic heterocycles. The maximum absolute atomic E-state index is 12.2. The SMILES string of the molecule is CCC(=O)N1CCCC1c1nc2cc(-c3cccc(OC)c3)ccc2o1. The lowest BCUT2D eigenvalue weighted by Crippen LogP contribution is -2.29. The van der Waals surface area contributed by atoms with Crippen molar-refractivity contribution in [3.05, 3.63) is 48.4 Å². The summed E-state index contributed by atoms with van der Waals surface area (Å²) in [5.41, 5.74) is 3.70. The Balaban J connectivity index is 1.69. The predicted octanol–water partition coefficient (Wildman–Crippen LogP) is 4.58. The number of oxazole rings is 1. The van der Waals surface area contributed by atoms with Crippen LogP contribution < -0.4 is 4.74 Å². The summed E-state index contributed by atoms with van der Waals surface area (Å²) in [4.78, 5) is 18.8. The normalized spacial score (nSPS) is 17.0. The van der Waals surface area contributed by atoms with Gasteiger partial charge in [0.05, 0.1) is 7.11 Å². The fraction of sp³-hybridized carbons (Fsp3) is 0.333. The molecule has 1 amide bonds. The van der Waals surface area contributed by atoms with Crippen LogP contribution in [-0.4, -0.2) is 29.4 Å². The van der Waals surface area contributed by atoms with E-state index in [1.54, 1.807) is 7.11 Å². The van der Waals surface area contributed by atoms with Crippen LogP contribution >= 0.6 is 0 Å². The Morgan fingerprint density at radius 2 is 2.12 bits per heavy atom. The number of hydrogen-bond acceptors (Lipinski definition) is 4. The molecule has 2 heterocycles. The minimum atomic E-state index is -0.0462. The molecule has 0 bridgehead atoms. The number of methoxy groups -OCH3 is 1. The van der Waals surface area contributed by atoms with Crippen LogP contribution in [0.1, 0.15) is 38.1 Å². The number of ether oxygens (including phenoxy) is 1. The number of carbonyl (C=O) groups is 1. The van der Waals surface area contributed by atoms with Gasteiger partial charge in [-0.3, -0.25) is 4.79 Å². The van der Waals surface area contributed by atoms with Gasteiger partial charge >= 0.3 is 0 Å². The number of aromatic nitrogens is 1. The van der Waals surface area contributed by atoms with Gasteiger partial charge in [0, 0.05) is 13.0 Å². The van der Waals surface area contributed by atoms with Crippen molar-refractivity contribution in [2.75, 3.05) is 13.7 Å². The lowest BCUT2D eigenvalue weighted by Gasteiger charge is -2.21. The number of carbonyl (C=O) groups excluding carboxylic acids is 1. The third-order valence-corrected chi connectivity index (χ3v) is 4.97. The molecule has 1 fully saturated rings. The zero-order valence-corrected chi connectivity index (χ0v) is 15.1. The van der Waals surface area contributed by atoms with Crippen molar-refractivity contribution in [1.29, 1.82) is 0 Å². The number of hydrogen-bond donors (Lipinski definition) is 0. The van der Waals surface area contributed by atoms with Crippen molar-refractivity contribution in [3.8, 4) is 16.9 Å². The predicted molar refractivity (Wildman–Crippen MR) is 100.0 cm³/mol. The van der Waals surface area contributed by atoms with Gasteiger partial charge in [-0.05, 0) is 48.2 Å². The van der Waals surface area contributed by atoms with E-state index in [4.69, 9.17) is 14.1 Å². The monoisotopic (exact) mass is 350 g/mol. The molecule has 4 rings (SSSR count). The lowest BCUT2D eigenvalue weighted by atomic mass is 10.1. The number of fused-ring (bicyclic) bond motifs is 1. The number of amides is 1. The molecule has 1 unspecified atom stereocenters. The van der Waals surface area contributed by atoms with Crippen molar-refractivity contribution in [1.82, 2.24) is 9.88 Å². The van der Waals surface area contributed by atoms with Crippen LogP contribution in [0.3, 0.4) is 0 Å². The summed E-state index contributed by atoms with van der Waals surface area (Å²) in [5.74, 6) is 1.62. The highest BCUT2D eigenvalue weighted by molar-refractivity contribution is 5.81. The topological polar surface area (TPSA) is 55.6 Å². The lowest BCUT2D eigenvalue weighted by molar-refractivity contribution is -0.132. The Morgan fingerprint density at radius 1 is 1.27 bits per heavy atom. The van der Waals surface area contributed by atoms with E-state index < -0.39 is 0 Å².